The van der Waals surface area contributed by atoms with Crippen molar-refractivity contribution < 1.29 is 4.79 Å². The maximum atomic E-state index is 11.5. The summed E-state index contributed by atoms with van der Waals surface area (Å²) < 4.78 is 0. The van der Waals surface area contributed by atoms with E-state index < -0.39 is 0 Å². The van der Waals surface area contributed by atoms with Gasteiger partial charge in [-0.25, -0.2) is 0 Å². The first-order chi connectivity index (χ1) is 6.27. The average Bonchev–Trinajstić information content (AvgIpc) is 2.62. The predicted molar refractivity (Wildman–Crippen MR) is 53.5 cm³/mol. The van der Waals surface area contributed by atoms with Gasteiger partial charge in [0.1, 0.15) is 0 Å². The van der Waals surface area contributed by atoms with Crippen LogP contribution < -0.4 is 10.6 Å². The van der Waals surface area contributed by atoms with Gasteiger partial charge in [-0.3, -0.25) is 4.79 Å². The van der Waals surface area contributed by atoms with Gasteiger partial charge >= 0.3 is 0 Å². The normalized spacial score (nSPS) is 27.5. The largest absolute Gasteiger partial charge is 0.356 e. The summed E-state index contributed by atoms with van der Waals surface area (Å²) in [5, 5.41) is 6.18. The van der Waals surface area contributed by atoms with E-state index in [4.69, 9.17) is 0 Å². The topological polar surface area (TPSA) is 41.1 Å². The SMILES string of the molecule is CCCNC(=O)[C@H]1CC[C@@H](NC)C1. The molecular weight excluding hydrogens is 164 g/mol. The number of amides is 1. The van der Waals surface area contributed by atoms with Crippen LogP contribution in [-0.2, 0) is 4.79 Å². The van der Waals surface area contributed by atoms with E-state index in [2.05, 4.69) is 17.6 Å². The zero-order valence-corrected chi connectivity index (χ0v) is 8.60. The predicted octanol–water partition coefficient (Wildman–Crippen LogP) is 0.901. The van der Waals surface area contributed by atoms with Crippen molar-refractivity contribution in [2.75, 3.05) is 13.6 Å². The van der Waals surface area contributed by atoms with Crippen LogP contribution in [0.25, 0.3) is 0 Å². The summed E-state index contributed by atoms with van der Waals surface area (Å²) in [7, 11) is 1.97. The Balaban J connectivity index is 2.25. The van der Waals surface area contributed by atoms with E-state index in [0.717, 1.165) is 32.2 Å². The highest BCUT2D eigenvalue weighted by Crippen LogP contribution is 2.25. The van der Waals surface area contributed by atoms with Crippen molar-refractivity contribution in [3.8, 4) is 0 Å². The lowest BCUT2D eigenvalue weighted by atomic mass is 10.1. The maximum Gasteiger partial charge on any atom is 0.223 e. The van der Waals surface area contributed by atoms with E-state index in [1.165, 1.54) is 0 Å². The molecule has 0 bridgehead atoms. The fraction of sp³-hybridized carbons (Fsp3) is 0.900. The minimum Gasteiger partial charge on any atom is -0.356 e. The average molecular weight is 184 g/mol. The van der Waals surface area contributed by atoms with Gasteiger partial charge in [-0.05, 0) is 32.7 Å². The molecule has 1 amide bonds. The second-order valence-corrected chi connectivity index (χ2v) is 3.79. The van der Waals surface area contributed by atoms with Crippen molar-refractivity contribution in [1.82, 2.24) is 10.6 Å². The summed E-state index contributed by atoms with van der Waals surface area (Å²) in [4.78, 5) is 11.5. The summed E-state index contributed by atoms with van der Waals surface area (Å²) in [5.74, 6) is 0.503. The van der Waals surface area contributed by atoms with Crippen LogP contribution in [0.4, 0.5) is 0 Å². The lowest BCUT2D eigenvalue weighted by Crippen LogP contribution is -2.31. The van der Waals surface area contributed by atoms with Crippen molar-refractivity contribution in [2.24, 2.45) is 5.92 Å². The number of hydrogen-bond donors (Lipinski definition) is 2. The number of rotatable bonds is 4. The van der Waals surface area contributed by atoms with Crippen molar-refractivity contribution in [1.29, 1.82) is 0 Å². The third-order valence-electron chi connectivity index (χ3n) is 2.76. The molecule has 0 unspecified atom stereocenters. The molecule has 0 radical (unpaired) electrons. The second kappa shape index (κ2) is 5.22. The molecule has 0 aromatic heterocycles. The van der Waals surface area contributed by atoms with E-state index in [9.17, 15) is 4.79 Å². The van der Waals surface area contributed by atoms with Gasteiger partial charge in [-0.1, -0.05) is 6.92 Å². The molecule has 0 aromatic carbocycles. The Bertz CT molecular complexity index is 170. The summed E-state index contributed by atoms with van der Waals surface area (Å²) in [6.45, 7) is 2.89. The maximum absolute atomic E-state index is 11.5. The van der Waals surface area contributed by atoms with Crippen LogP contribution in [0.15, 0.2) is 0 Å². The van der Waals surface area contributed by atoms with Crippen LogP contribution in [-0.4, -0.2) is 25.5 Å². The quantitative estimate of drug-likeness (QED) is 0.681. The van der Waals surface area contributed by atoms with Crippen LogP contribution in [0.5, 0.6) is 0 Å². The van der Waals surface area contributed by atoms with E-state index in [1.54, 1.807) is 0 Å². The highest BCUT2D eigenvalue weighted by Gasteiger charge is 2.28. The lowest BCUT2D eigenvalue weighted by Gasteiger charge is -2.10. The number of carbonyl (C=O) groups excluding carboxylic acids is 1. The van der Waals surface area contributed by atoms with Crippen LogP contribution in [0.2, 0.25) is 0 Å². The molecule has 3 nitrogen and oxygen atoms in total. The molecule has 0 spiro atoms. The summed E-state index contributed by atoms with van der Waals surface area (Å²) in [6, 6.07) is 0.553. The fourth-order valence-corrected chi connectivity index (χ4v) is 1.87. The molecule has 1 aliphatic rings. The highest BCUT2D eigenvalue weighted by atomic mass is 16.1. The summed E-state index contributed by atoms with van der Waals surface area (Å²) in [5.41, 5.74) is 0. The first-order valence-corrected chi connectivity index (χ1v) is 5.23. The van der Waals surface area contributed by atoms with E-state index in [-0.39, 0.29) is 11.8 Å². The van der Waals surface area contributed by atoms with Crippen LogP contribution in [0.1, 0.15) is 32.6 Å². The van der Waals surface area contributed by atoms with E-state index in [1.807, 2.05) is 7.05 Å². The Morgan fingerprint density at radius 1 is 1.46 bits per heavy atom. The smallest absolute Gasteiger partial charge is 0.223 e. The third kappa shape index (κ3) is 2.99. The Hall–Kier alpha value is -0.570. The molecule has 0 aliphatic heterocycles. The van der Waals surface area contributed by atoms with E-state index in [0.29, 0.717) is 6.04 Å². The molecule has 13 heavy (non-hydrogen) atoms. The van der Waals surface area contributed by atoms with Gasteiger partial charge in [0.2, 0.25) is 5.91 Å². The standard InChI is InChI=1S/C10H20N2O/c1-3-6-12-10(13)8-4-5-9(7-8)11-2/h8-9,11H,3-7H2,1-2H3,(H,12,13)/t8-,9+/m0/s1. The lowest BCUT2D eigenvalue weighted by molar-refractivity contribution is -0.124. The number of nitrogens with one attached hydrogen (secondary N) is 2. The minimum absolute atomic E-state index is 0.250. The van der Waals surface area contributed by atoms with Gasteiger partial charge in [0.05, 0.1) is 0 Å². The molecule has 0 aromatic rings. The third-order valence-corrected chi connectivity index (χ3v) is 2.76. The van der Waals surface area contributed by atoms with Gasteiger partial charge < -0.3 is 10.6 Å². The molecule has 2 N–H and O–H groups in total. The zero-order valence-electron chi connectivity index (χ0n) is 8.60. The number of carbonyl (C=O) groups is 1. The Morgan fingerprint density at radius 3 is 2.77 bits per heavy atom. The molecule has 3 heteroatoms. The van der Waals surface area contributed by atoms with Gasteiger partial charge in [0.25, 0.3) is 0 Å². The van der Waals surface area contributed by atoms with Crippen molar-refractivity contribution in [3.05, 3.63) is 0 Å². The highest BCUT2D eigenvalue weighted by molar-refractivity contribution is 5.78. The minimum atomic E-state index is 0.250. The van der Waals surface area contributed by atoms with Crippen molar-refractivity contribution in [2.45, 2.75) is 38.6 Å². The molecule has 0 saturated heterocycles. The van der Waals surface area contributed by atoms with E-state index >= 15 is 0 Å². The van der Waals surface area contributed by atoms with Gasteiger partial charge in [-0.15, -0.1) is 0 Å². The first-order valence-electron chi connectivity index (χ1n) is 5.23. The molecule has 1 rings (SSSR count). The van der Waals surface area contributed by atoms with Crippen molar-refractivity contribution >= 4 is 5.91 Å². The molecule has 2 atom stereocenters. The van der Waals surface area contributed by atoms with Crippen molar-refractivity contribution in [3.63, 3.8) is 0 Å². The molecule has 1 aliphatic carbocycles. The monoisotopic (exact) mass is 184 g/mol. The van der Waals surface area contributed by atoms with Crippen LogP contribution >= 0.6 is 0 Å². The van der Waals surface area contributed by atoms with Crippen LogP contribution in [0.3, 0.4) is 0 Å². The molecule has 0 heterocycles. The van der Waals surface area contributed by atoms with Gasteiger partial charge in [0.15, 0.2) is 0 Å². The van der Waals surface area contributed by atoms with Gasteiger partial charge in [0, 0.05) is 18.5 Å². The fourth-order valence-electron chi connectivity index (χ4n) is 1.87. The molecule has 1 saturated carbocycles. The van der Waals surface area contributed by atoms with Gasteiger partial charge in [-0.2, -0.15) is 0 Å². The van der Waals surface area contributed by atoms with Crippen LogP contribution in [0, 0.1) is 5.92 Å². The number of hydrogen-bond acceptors (Lipinski definition) is 2. The Morgan fingerprint density at radius 2 is 2.23 bits per heavy atom. The zero-order chi connectivity index (χ0) is 9.68. The molecule has 76 valence electrons. The summed E-state index contributed by atoms with van der Waals surface area (Å²) >= 11 is 0. The summed E-state index contributed by atoms with van der Waals surface area (Å²) in [6.07, 6.45) is 4.21. The molecular formula is C10H20N2O. The first kappa shape index (κ1) is 10.5. The second-order valence-electron chi connectivity index (χ2n) is 3.79. The Kier molecular flexibility index (Phi) is 4.22. The molecule has 1 fully saturated rings. The Labute approximate surface area is 80.3 Å².